The van der Waals surface area contributed by atoms with Gasteiger partial charge < -0.3 is 55.9 Å². The number of carbonyl (C=O) groups is 7. The van der Waals surface area contributed by atoms with E-state index in [0.29, 0.717) is 77.0 Å². The molecule has 9 N–H and O–H groups in total. The summed E-state index contributed by atoms with van der Waals surface area (Å²) >= 11 is 0. The van der Waals surface area contributed by atoms with Gasteiger partial charge in [0.25, 0.3) is 0 Å². The second-order valence-corrected chi connectivity index (χ2v) is 13.6. The average molecular weight is 902 g/mol. The van der Waals surface area contributed by atoms with Crippen molar-refractivity contribution in [1.29, 1.82) is 0 Å². The highest BCUT2D eigenvalue weighted by Gasteiger charge is 2.21. The number of rotatable bonds is 14. The molecule has 0 unspecified atom stereocenters. The third-order valence-electron chi connectivity index (χ3n) is 9.03. The van der Waals surface area contributed by atoms with Crippen LogP contribution in [0.1, 0.15) is 5.69 Å². The van der Waals surface area contributed by atoms with E-state index >= 15 is 0 Å². The zero-order chi connectivity index (χ0) is 48.2. The van der Waals surface area contributed by atoms with Crippen LogP contribution < -0.4 is 15.8 Å². The van der Waals surface area contributed by atoms with E-state index in [2.05, 4.69) is 32.1 Å². The molecule has 2 aromatic carbocycles. The van der Waals surface area contributed by atoms with Gasteiger partial charge in [0.15, 0.2) is 5.65 Å². The van der Waals surface area contributed by atoms with Crippen LogP contribution in [0.3, 0.4) is 0 Å². The van der Waals surface area contributed by atoms with Gasteiger partial charge in [0, 0.05) is 93.0 Å². The number of aromatic nitrogens is 5. The first-order chi connectivity index (χ1) is 30.8. The number of aryl methyl sites for hydroxylation is 1. The molecule has 0 saturated carbocycles. The summed E-state index contributed by atoms with van der Waals surface area (Å²) in [4.78, 5) is 83.9. The Hall–Kier alpha value is -8.44. The smallest absolute Gasteiger partial charge is 0.328 e. The Morgan fingerprint density at radius 2 is 1.26 bits per heavy atom. The van der Waals surface area contributed by atoms with Gasteiger partial charge in [-0.2, -0.15) is 5.10 Å². The van der Waals surface area contributed by atoms with E-state index in [9.17, 15) is 33.6 Å². The van der Waals surface area contributed by atoms with Crippen molar-refractivity contribution in [2.75, 3.05) is 57.9 Å². The molecule has 23 heteroatoms. The highest BCUT2D eigenvalue weighted by atomic mass is 16.5. The molecule has 65 heavy (non-hydrogen) atoms. The number of carboxylic acids is 6. The summed E-state index contributed by atoms with van der Waals surface area (Å²) in [5.41, 5.74) is 11.1. The topological polar surface area (TPSA) is 343 Å². The van der Waals surface area contributed by atoms with Crippen molar-refractivity contribution in [3.63, 3.8) is 0 Å². The van der Waals surface area contributed by atoms with Crippen LogP contribution in [0.15, 0.2) is 91.3 Å². The predicted molar refractivity (Wildman–Crippen MR) is 234 cm³/mol. The molecule has 0 atom stereocenters. The number of piperazine rings is 1. The second-order valence-electron chi connectivity index (χ2n) is 13.6. The number of nitrogens with zero attached hydrogens (tertiary/aromatic N) is 7. The van der Waals surface area contributed by atoms with E-state index in [-0.39, 0.29) is 12.3 Å². The number of carbonyl (C=O) groups excluding carboxylic acids is 1. The van der Waals surface area contributed by atoms with Crippen molar-refractivity contribution < 1.29 is 68.9 Å². The van der Waals surface area contributed by atoms with Crippen LogP contribution in [0.2, 0.25) is 0 Å². The van der Waals surface area contributed by atoms with Gasteiger partial charge in [0.2, 0.25) is 5.91 Å². The van der Waals surface area contributed by atoms with Crippen molar-refractivity contribution in [3.05, 3.63) is 97.0 Å². The molecule has 1 amide bonds. The first kappa shape index (κ1) is 50.9. The van der Waals surface area contributed by atoms with Crippen molar-refractivity contribution in [2.45, 2.75) is 13.0 Å². The molecular formula is C42H47N9O14. The number of carboxylic acid groups (broad SMARTS) is 6. The number of hydrogen-bond acceptors (Lipinski definition) is 14. The van der Waals surface area contributed by atoms with Crippen LogP contribution >= 0.6 is 0 Å². The molecule has 0 aliphatic carbocycles. The van der Waals surface area contributed by atoms with Gasteiger partial charge in [-0.3, -0.25) is 9.69 Å². The lowest BCUT2D eigenvalue weighted by Crippen LogP contribution is -2.45. The Balaban J connectivity index is 0.000000383. The van der Waals surface area contributed by atoms with Crippen LogP contribution in [-0.4, -0.2) is 153 Å². The van der Waals surface area contributed by atoms with E-state index < -0.39 is 35.8 Å². The second kappa shape index (κ2) is 24.9. The number of aliphatic carboxylic acids is 6. The Morgan fingerprint density at radius 1 is 0.723 bits per heavy atom. The Kier molecular flexibility index (Phi) is 19.5. The number of likely N-dealkylation sites (N-methyl/N-ethyl adjacent to an activating group) is 1. The maximum Gasteiger partial charge on any atom is 0.328 e. The van der Waals surface area contributed by atoms with Gasteiger partial charge in [-0.05, 0) is 36.7 Å². The lowest BCUT2D eigenvalue weighted by molar-refractivity contribution is -0.134. The fourth-order valence-electron chi connectivity index (χ4n) is 5.94. The number of nitrogens with two attached hydrogens (primary N) is 1. The highest BCUT2D eigenvalue weighted by Crippen LogP contribution is 2.35. The standard InChI is InChI=1S/C30H35N9O2.3C4H4O4/c1-36-10-12-38(13-11-36)14-15-39-30-27(29(31)32-19-33-30)28(35-39)21-8-9-23(25(17-21)41-3)34-26(40)18-22-16-20-6-4-5-7-24(20)37(22)2;3*5-3(6)1-2-4(7)8/h4-9,16-17,19H,10-15,18H2,1-3H3,(H,34,40)(H2,31,32,33);3*1-2H,(H,5,6)(H,7,8)/b;3*2-1-. The molecule has 3 aromatic heterocycles. The number of anilines is 2. The molecule has 5 aromatic rings. The molecule has 1 aliphatic rings. The Labute approximate surface area is 369 Å². The summed E-state index contributed by atoms with van der Waals surface area (Å²) in [5.74, 6) is -6.76. The van der Waals surface area contributed by atoms with Gasteiger partial charge in [0.1, 0.15) is 23.6 Å². The molecule has 6 rings (SSSR count). The molecule has 0 radical (unpaired) electrons. The Bertz CT molecular complexity index is 2480. The maximum atomic E-state index is 13.0. The number of ether oxygens (including phenoxy) is 1. The molecule has 344 valence electrons. The van der Waals surface area contributed by atoms with Crippen molar-refractivity contribution in [1.82, 2.24) is 34.1 Å². The minimum atomic E-state index is -1.26. The summed E-state index contributed by atoms with van der Waals surface area (Å²) in [6.07, 6.45) is 5.07. The number of para-hydroxylation sites is 1. The monoisotopic (exact) mass is 901 g/mol. The molecule has 4 heterocycles. The number of hydrogen-bond donors (Lipinski definition) is 8. The summed E-state index contributed by atoms with van der Waals surface area (Å²) in [6.45, 7) is 5.75. The summed E-state index contributed by atoms with van der Waals surface area (Å²) in [6, 6.07) is 15.8. The van der Waals surface area contributed by atoms with Gasteiger partial charge in [-0.1, -0.05) is 24.3 Å². The van der Waals surface area contributed by atoms with E-state index in [0.717, 1.165) is 54.9 Å². The van der Waals surface area contributed by atoms with Crippen LogP contribution in [0, 0.1) is 0 Å². The van der Waals surface area contributed by atoms with Gasteiger partial charge in [-0.25, -0.2) is 43.4 Å². The molecule has 1 saturated heterocycles. The Morgan fingerprint density at radius 3 is 1.77 bits per heavy atom. The lowest BCUT2D eigenvalue weighted by Gasteiger charge is -2.32. The first-order valence-corrected chi connectivity index (χ1v) is 19.1. The minimum absolute atomic E-state index is 0.127. The highest BCUT2D eigenvalue weighted by molar-refractivity contribution is 6.00. The SMILES string of the molecule is COc1cc(-c2nn(CCN3CCN(C)CC3)c3ncnc(N)c23)ccc1NC(=O)Cc1cc2ccccc2n1C.O=C(O)/C=C\C(=O)O.O=C(O)/C=C\C(=O)O.O=C(O)/C=C\C(=O)O. The van der Waals surface area contributed by atoms with Crippen LogP contribution in [-0.2, 0) is 53.6 Å². The minimum Gasteiger partial charge on any atom is -0.495 e. The summed E-state index contributed by atoms with van der Waals surface area (Å²) < 4.78 is 9.65. The van der Waals surface area contributed by atoms with Crippen LogP contribution in [0.25, 0.3) is 33.2 Å². The zero-order valence-electron chi connectivity index (χ0n) is 35.3. The summed E-state index contributed by atoms with van der Waals surface area (Å²) in [7, 11) is 5.72. The van der Waals surface area contributed by atoms with E-state index in [1.54, 1.807) is 7.11 Å². The number of methoxy groups -OCH3 is 1. The predicted octanol–water partition coefficient (Wildman–Crippen LogP) is 2.14. The lowest BCUT2D eigenvalue weighted by atomic mass is 10.1. The fourth-order valence-corrected chi connectivity index (χ4v) is 5.94. The number of amides is 1. The average Bonchev–Trinajstić information content (AvgIpc) is 3.79. The number of fused-ring (bicyclic) bond motifs is 2. The third kappa shape index (κ3) is 16.7. The maximum absolute atomic E-state index is 13.0. The zero-order valence-corrected chi connectivity index (χ0v) is 35.3. The van der Waals surface area contributed by atoms with E-state index in [1.165, 1.54) is 6.33 Å². The number of benzene rings is 2. The van der Waals surface area contributed by atoms with Crippen molar-refractivity contribution >= 4 is 75.2 Å². The van der Waals surface area contributed by atoms with Gasteiger partial charge >= 0.3 is 35.8 Å². The van der Waals surface area contributed by atoms with Gasteiger partial charge in [0.05, 0.1) is 31.1 Å². The van der Waals surface area contributed by atoms with E-state index in [1.807, 2.05) is 64.8 Å². The summed E-state index contributed by atoms with van der Waals surface area (Å²) in [5, 5.41) is 56.6. The fraction of sp³-hybridized carbons (Fsp3) is 0.238. The molecule has 23 nitrogen and oxygen atoms in total. The molecule has 0 bridgehead atoms. The normalized spacial score (nSPS) is 12.7. The van der Waals surface area contributed by atoms with Crippen molar-refractivity contribution in [2.24, 2.45) is 7.05 Å². The van der Waals surface area contributed by atoms with Gasteiger partial charge in [-0.15, -0.1) is 0 Å². The third-order valence-corrected chi connectivity index (χ3v) is 9.03. The quantitative estimate of drug-likeness (QED) is 0.0740. The largest absolute Gasteiger partial charge is 0.495 e. The van der Waals surface area contributed by atoms with Crippen molar-refractivity contribution in [3.8, 4) is 17.0 Å². The molecule has 0 spiro atoms. The number of nitrogens with one attached hydrogen (secondary N) is 1. The first-order valence-electron chi connectivity index (χ1n) is 19.1. The number of nitrogen functional groups attached to an aromatic ring is 1. The molecular weight excluding hydrogens is 855 g/mol. The molecule has 1 aliphatic heterocycles. The van der Waals surface area contributed by atoms with Crippen LogP contribution in [0.5, 0.6) is 5.75 Å². The van der Waals surface area contributed by atoms with E-state index in [4.69, 9.17) is 46.2 Å². The molecule has 1 fully saturated rings. The van der Waals surface area contributed by atoms with Crippen LogP contribution in [0.4, 0.5) is 11.5 Å².